The predicted molar refractivity (Wildman–Crippen MR) is 67.8 cm³/mol. The van der Waals surface area contributed by atoms with Crippen LogP contribution in [0.5, 0.6) is 0 Å². The summed E-state index contributed by atoms with van der Waals surface area (Å²) >= 11 is 0. The van der Waals surface area contributed by atoms with Gasteiger partial charge in [-0.25, -0.2) is 9.37 Å². The van der Waals surface area contributed by atoms with E-state index in [0.29, 0.717) is 0 Å². The minimum Gasteiger partial charge on any atom is -0.348 e. The van der Waals surface area contributed by atoms with Gasteiger partial charge in [0.15, 0.2) is 0 Å². The van der Waals surface area contributed by atoms with Crippen molar-refractivity contribution in [1.29, 1.82) is 0 Å². The van der Waals surface area contributed by atoms with E-state index in [1.807, 2.05) is 6.07 Å². The van der Waals surface area contributed by atoms with Crippen LogP contribution in [0.3, 0.4) is 0 Å². The molecule has 0 bridgehead atoms. The molecular weight excluding hydrogens is 229 g/mol. The predicted octanol–water partition coefficient (Wildman–Crippen LogP) is 2.96. The Morgan fingerprint density at radius 2 is 2.22 bits per heavy atom. The minimum atomic E-state index is -0.182. The highest BCUT2D eigenvalue weighted by atomic mass is 19.1. The van der Waals surface area contributed by atoms with E-state index >= 15 is 0 Å². The number of nitrogens with zero attached hydrogens (tertiary/aromatic N) is 3. The molecule has 1 aromatic carbocycles. The first-order valence-electron chi connectivity index (χ1n) is 6.13. The van der Waals surface area contributed by atoms with E-state index in [2.05, 4.69) is 14.9 Å². The largest absolute Gasteiger partial charge is 0.348 e. The smallest absolute Gasteiger partial charge is 0.147 e. The second-order valence-corrected chi connectivity index (χ2v) is 4.47. The monoisotopic (exact) mass is 243 g/mol. The molecule has 1 aliphatic heterocycles. The molecule has 0 unspecified atom stereocenters. The van der Waals surface area contributed by atoms with E-state index in [9.17, 15) is 4.39 Å². The molecule has 1 fully saturated rings. The molecule has 0 saturated carbocycles. The summed E-state index contributed by atoms with van der Waals surface area (Å²) in [5.41, 5.74) is 1.01. The van der Waals surface area contributed by atoms with Crippen molar-refractivity contribution >= 4 is 5.82 Å². The second kappa shape index (κ2) is 4.72. The lowest BCUT2D eigenvalue weighted by Crippen LogP contribution is -2.23. The number of hydrogen-bond donors (Lipinski definition) is 0. The molecule has 92 valence electrons. The van der Waals surface area contributed by atoms with Crippen molar-refractivity contribution < 1.29 is 4.39 Å². The maximum absolute atomic E-state index is 13.3. The molecule has 0 spiro atoms. The van der Waals surface area contributed by atoms with E-state index in [0.717, 1.165) is 30.8 Å². The van der Waals surface area contributed by atoms with Crippen molar-refractivity contribution in [2.75, 3.05) is 11.4 Å². The summed E-state index contributed by atoms with van der Waals surface area (Å²) in [5, 5.41) is 0. The third-order valence-electron chi connectivity index (χ3n) is 3.33. The third-order valence-corrected chi connectivity index (χ3v) is 3.33. The summed E-state index contributed by atoms with van der Waals surface area (Å²) in [6.45, 7) is 0.944. The molecule has 4 heteroatoms. The van der Waals surface area contributed by atoms with Gasteiger partial charge in [-0.05, 0) is 30.5 Å². The maximum Gasteiger partial charge on any atom is 0.147 e. The summed E-state index contributed by atoms with van der Waals surface area (Å²) in [7, 11) is 0. The van der Waals surface area contributed by atoms with Crippen LogP contribution < -0.4 is 4.90 Å². The first-order chi connectivity index (χ1) is 8.84. The van der Waals surface area contributed by atoms with E-state index in [1.54, 1.807) is 30.7 Å². The number of hydrogen-bond acceptors (Lipinski definition) is 3. The summed E-state index contributed by atoms with van der Waals surface area (Å²) in [6, 6.07) is 7.03. The molecule has 1 saturated heterocycles. The lowest BCUT2D eigenvalue weighted by molar-refractivity contribution is 0.618. The van der Waals surface area contributed by atoms with Gasteiger partial charge >= 0.3 is 0 Å². The van der Waals surface area contributed by atoms with Crippen molar-refractivity contribution in [2.45, 2.75) is 18.9 Å². The topological polar surface area (TPSA) is 29.0 Å². The van der Waals surface area contributed by atoms with Gasteiger partial charge in [0.1, 0.15) is 11.6 Å². The standard InChI is InChI=1S/C14H14FN3/c15-12-4-1-3-11(9-12)13-5-2-8-18(13)14-10-16-6-7-17-14/h1,3-4,6-7,9-10,13H,2,5,8H2/t13-/m0/s1. The van der Waals surface area contributed by atoms with Gasteiger partial charge in [-0.1, -0.05) is 12.1 Å². The number of rotatable bonds is 2. The van der Waals surface area contributed by atoms with Gasteiger partial charge in [-0.3, -0.25) is 4.98 Å². The fourth-order valence-corrected chi connectivity index (χ4v) is 2.54. The van der Waals surface area contributed by atoms with E-state index in [4.69, 9.17) is 0 Å². The third kappa shape index (κ3) is 2.06. The van der Waals surface area contributed by atoms with Crippen LogP contribution in [-0.4, -0.2) is 16.5 Å². The zero-order valence-corrected chi connectivity index (χ0v) is 9.96. The Balaban J connectivity index is 1.92. The van der Waals surface area contributed by atoms with Crippen LogP contribution in [0.25, 0.3) is 0 Å². The SMILES string of the molecule is Fc1cccc([C@@H]2CCCN2c2cnccn2)c1. The Morgan fingerprint density at radius 1 is 1.28 bits per heavy atom. The summed E-state index contributed by atoms with van der Waals surface area (Å²) < 4.78 is 13.3. The molecule has 3 nitrogen and oxygen atoms in total. The number of halogens is 1. The van der Waals surface area contributed by atoms with Crippen molar-refractivity contribution in [3.8, 4) is 0 Å². The van der Waals surface area contributed by atoms with Crippen LogP contribution in [0.2, 0.25) is 0 Å². The van der Waals surface area contributed by atoms with Gasteiger partial charge in [0.2, 0.25) is 0 Å². The molecule has 2 aromatic rings. The van der Waals surface area contributed by atoms with Crippen LogP contribution in [0.1, 0.15) is 24.4 Å². The Labute approximate surface area is 105 Å². The van der Waals surface area contributed by atoms with Crippen LogP contribution >= 0.6 is 0 Å². The Hall–Kier alpha value is -1.97. The van der Waals surface area contributed by atoms with E-state index < -0.39 is 0 Å². The highest BCUT2D eigenvalue weighted by Crippen LogP contribution is 2.34. The molecule has 0 amide bonds. The normalized spacial score (nSPS) is 19.2. The maximum atomic E-state index is 13.3. The number of benzene rings is 1. The van der Waals surface area contributed by atoms with Crippen molar-refractivity contribution in [3.63, 3.8) is 0 Å². The molecule has 1 aliphatic rings. The first-order valence-corrected chi connectivity index (χ1v) is 6.13. The summed E-state index contributed by atoms with van der Waals surface area (Å²) in [4.78, 5) is 10.6. The van der Waals surface area contributed by atoms with Crippen LogP contribution in [-0.2, 0) is 0 Å². The van der Waals surface area contributed by atoms with Crippen LogP contribution in [0, 0.1) is 5.82 Å². The van der Waals surface area contributed by atoms with E-state index in [1.165, 1.54) is 6.07 Å². The minimum absolute atomic E-state index is 0.182. The Morgan fingerprint density at radius 3 is 3.00 bits per heavy atom. The molecule has 3 rings (SSSR count). The molecule has 2 heterocycles. The summed E-state index contributed by atoms with van der Waals surface area (Å²) in [6.07, 6.45) is 7.24. The van der Waals surface area contributed by atoms with Gasteiger partial charge < -0.3 is 4.90 Å². The van der Waals surface area contributed by atoms with Gasteiger partial charge in [0.25, 0.3) is 0 Å². The lowest BCUT2D eigenvalue weighted by atomic mass is 10.0. The van der Waals surface area contributed by atoms with Crippen LogP contribution in [0.4, 0.5) is 10.2 Å². The van der Waals surface area contributed by atoms with Gasteiger partial charge in [-0.2, -0.15) is 0 Å². The highest BCUT2D eigenvalue weighted by molar-refractivity contribution is 5.42. The molecule has 0 N–H and O–H groups in total. The Bertz CT molecular complexity index is 530. The van der Waals surface area contributed by atoms with Crippen molar-refractivity contribution in [1.82, 2.24) is 9.97 Å². The van der Waals surface area contributed by atoms with Gasteiger partial charge in [0, 0.05) is 18.9 Å². The van der Waals surface area contributed by atoms with Gasteiger partial charge in [0.05, 0.1) is 12.2 Å². The second-order valence-electron chi connectivity index (χ2n) is 4.47. The fraction of sp³-hybridized carbons (Fsp3) is 0.286. The molecule has 18 heavy (non-hydrogen) atoms. The highest BCUT2D eigenvalue weighted by Gasteiger charge is 2.27. The zero-order chi connectivity index (χ0) is 12.4. The first kappa shape index (κ1) is 11.1. The quantitative estimate of drug-likeness (QED) is 0.812. The molecule has 1 atom stereocenters. The van der Waals surface area contributed by atoms with Gasteiger partial charge in [-0.15, -0.1) is 0 Å². The van der Waals surface area contributed by atoms with Crippen LogP contribution in [0.15, 0.2) is 42.9 Å². The Kier molecular flexibility index (Phi) is 2.92. The molecular formula is C14H14FN3. The van der Waals surface area contributed by atoms with E-state index in [-0.39, 0.29) is 11.9 Å². The lowest BCUT2D eigenvalue weighted by Gasteiger charge is -2.25. The van der Waals surface area contributed by atoms with Crippen molar-refractivity contribution in [3.05, 3.63) is 54.2 Å². The number of aromatic nitrogens is 2. The zero-order valence-electron chi connectivity index (χ0n) is 9.96. The fourth-order valence-electron chi connectivity index (χ4n) is 2.54. The average molecular weight is 243 g/mol. The summed E-state index contributed by atoms with van der Waals surface area (Å²) in [5.74, 6) is 0.683. The molecule has 0 radical (unpaired) electrons. The van der Waals surface area contributed by atoms with Crippen molar-refractivity contribution in [2.24, 2.45) is 0 Å². The number of anilines is 1. The average Bonchev–Trinajstić information content (AvgIpc) is 2.89. The molecule has 1 aromatic heterocycles. The molecule has 0 aliphatic carbocycles.